The molecule has 17 heavy (non-hydrogen) atoms. The number of benzene rings is 1. The molecular formula is C14H18N2O. The number of rotatable bonds is 3. The number of hydrogen-bond acceptors (Lipinski definition) is 2. The van der Waals surface area contributed by atoms with E-state index in [2.05, 4.69) is 11.8 Å². The number of nitrogens with two attached hydrogens (primary N) is 1. The minimum absolute atomic E-state index is 0.0476. The first-order valence-corrected chi connectivity index (χ1v) is 5.81. The highest BCUT2D eigenvalue weighted by molar-refractivity contribution is 5.94. The zero-order valence-corrected chi connectivity index (χ0v) is 10.4. The molecule has 1 aromatic carbocycles. The summed E-state index contributed by atoms with van der Waals surface area (Å²) in [6.45, 7) is 5.70. The Morgan fingerprint density at radius 3 is 2.65 bits per heavy atom. The summed E-state index contributed by atoms with van der Waals surface area (Å²) >= 11 is 0. The normalized spacial score (nSPS) is 9.35. The quantitative estimate of drug-likeness (QED) is 0.799. The topological polar surface area (TPSA) is 46.3 Å². The highest BCUT2D eigenvalue weighted by Crippen LogP contribution is 2.07. The number of amides is 1. The van der Waals surface area contributed by atoms with Gasteiger partial charge in [-0.3, -0.25) is 4.79 Å². The summed E-state index contributed by atoms with van der Waals surface area (Å²) in [7, 11) is 0. The summed E-state index contributed by atoms with van der Waals surface area (Å²) in [6, 6.07) is 7.34. The molecule has 0 aliphatic rings. The third-order valence-corrected chi connectivity index (χ3v) is 2.49. The summed E-state index contributed by atoms with van der Waals surface area (Å²) < 4.78 is 0. The maximum Gasteiger partial charge on any atom is 0.253 e. The molecule has 1 amide bonds. The van der Waals surface area contributed by atoms with Crippen molar-refractivity contribution in [3.05, 3.63) is 35.4 Å². The average molecular weight is 230 g/mol. The van der Waals surface area contributed by atoms with Crippen LogP contribution in [0.1, 0.15) is 29.8 Å². The first-order valence-electron chi connectivity index (χ1n) is 5.81. The van der Waals surface area contributed by atoms with Crippen LogP contribution in [0.2, 0.25) is 0 Å². The summed E-state index contributed by atoms with van der Waals surface area (Å²) in [5, 5.41) is 0. The Morgan fingerprint density at radius 2 is 2.06 bits per heavy atom. The van der Waals surface area contributed by atoms with Crippen LogP contribution in [-0.4, -0.2) is 30.4 Å². The Balaban J connectivity index is 2.95. The molecule has 0 heterocycles. The van der Waals surface area contributed by atoms with Gasteiger partial charge in [0.15, 0.2) is 0 Å². The van der Waals surface area contributed by atoms with Gasteiger partial charge in [0.1, 0.15) is 0 Å². The maximum atomic E-state index is 12.1. The van der Waals surface area contributed by atoms with Crippen LogP contribution in [0.3, 0.4) is 0 Å². The molecule has 0 spiro atoms. The van der Waals surface area contributed by atoms with Crippen molar-refractivity contribution >= 4 is 5.91 Å². The molecule has 0 aliphatic heterocycles. The minimum Gasteiger partial charge on any atom is -0.339 e. The van der Waals surface area contributed by atoms with Crippen molar-refractivity contribution in [1.82, 2.24) is 4.90 Å². The van der Waals surface area contributed by atoms with E-state index >= 15 is 0 Å². The highest BCUT2D eigenvalue weighted by Gasteiger charge is 2.11. The monoisotopic (exact) mass is 230 g/mol. The van der Waals surface area contributed by atoms with Gasteiger partial charge in [-0.25, -0.2) is 0 Å². The molecule has 3 nitrogen and oxygen atoms in total. The third kappa shape index (κ3) is 3.61. The van der Waals surface area contributed by atoms with Crippen LogP contribution in [0.25, 0.3) is 0 Å². The lowest BCUT2D eigenvalue weighted by molar-refractivity contribution is 0.0773. The lowest BCUT2D eigenvalue weighted by atomic mass is 10.1. The van der Waals surface area contributed by atoms with Gasteiger partial charge >= 0.3 is 0 Å². The Kier molecular flexibility index (Phi) is 5.25. The Hall–Kier alpha value is -1.79. The van der Waals surface area contributed by atoms with Crippen molar-refractivity contribution in [3.63, 3.8) is 0 Å². The molecule has 0 saturated heterocycles. The van der Waals surface area contributed by atoms with Crippen molar-refractivity contribution in [2.75, 3.05) is 19.6 Å². The van der Waals surface area contributed by atoms with E-state index < -0.39 is 0 Å². The van der Waals surface area contributed by atoms with Crippen molar-refractivity contribution in [1.29, 1.82) is 0 Å². The molecule has 0 saturated carbocycles. The largest absolute Gasteiger partial charge is 0.339 e. The van der Waals surface area contributed by atoms with E-state index in [1.165, 1.54) is 0 Å². The minimum atomic E-state index is 0.0476. The van der Waals surface area contributed by atoms with Gasteiger partial charge in [-0.05, 0) is 32.0 Å². The number of carbonyl (C=O) groups is 1. The van der Waals surface area contributed by atoms with E-state index in [4.69, 9.17) is 5.73 Å². The molecule has 0 unspecified atom stereocenters. The Labute approximate surface area is 103 Å². The maximum absolute atomic E-state index is 12.1. The van der Waals surface area contributed by atoms with Crippen LogP contribution < -0.4 is 5.73 Å². The lowest BCUT2D eigenvalue weighted by Crippen LogP contribution is -2.30. The standard InChI is InChI=1S/C14H18N2O/c1-3-16(4-2)14(17)13-9-5-7-12(11-13)8-6-10-15/h5,7,9,11H,3-4,10,15H2,1-2H3. The van der Waals surface area contributed by atoms with E-state index in [0.717, 1.165) is 5.56 Å². The fourth-order valence-corrected chi connectivity index (χ4v) is 1.58. The van der Waals surface area contributed by atoms with Gasteiger partial charge in [-0.15, -0.1) is 0 Å². The van der Waals surface area contributed by atoms with E-state index in [1.54, 1.807) is 4.90 Å². The fraction of sp³-hybridized carbons (Fsp3) is 0.357. The number of nitrogens with zero attached hydrogens (tertiary/aromatic N) is 1. The van der Waals surface area contributed by atoms with Crippen molar-refractivity contribution in [2.45, 2.75) is 13.8 Å². The summed E-state index contributed by atoms with van der Waals surface area (Å²) in [4.78, 5) is 13.9. The van der Waals surface area contributed by atoms with Crippen LogP contribution >= 0.6 is 0 Å². The van der Waals surface area contributed by atoms with Gasteiger partial charge in [-0.1, -0.05) is 17.9 Å². The zero-order chi connectivity index (χ0) is 12.7. The van der Waals surface area contributed by atoms with Crippen LogP contribution in [-0.2, 0) is 0 Å². The van der Waals surface area contributed by atoms with Gasteiger partial charge in [0.25, 0.3) is 5.91 Å². The number of carbonyl (C=O) groups excluding carboxylic acids is 1. The van der Waals surface area contributed by atoms with Crippen LogP contribution in [0.4, 0.5) is 0 Å². The molecule has 0 radical (unpaired) electrons. The van der Waals surface area contributed by atoms with Gasteiger partial charge in [-0.2, -0.15) is 0 Å². The highest BCUT2D eigenvalue weighted by atomic mass is 16.2. The third-order valence-electron chi connectivity index (χ3n) is 2.49. The summed E-state index contributed by atoms with van der Waals surface area (Å²) in [5.41, 5.74) is 6.82. The molecular weight excluding hydrogens is 212 g/mol. The van der Waals surface area contributed by atoms with Gasteiger partial charge in [0.05, 0.1) is 6.54 Å². The molecule has 0 aliphatic carbocycles. The summed E-state index contributed by atoms with van der Waals surface area (Å²) in [5.74, 6) is 5.76. The van der Waals surface area contributed by atoms with E-state index in [0.29, 0.717) is 25.2 Å². The second-order valence-electron chi connectivity index (χ2n) is 3.56. The van der Waals surface area contributed by atoms with Crippen molar-refractivity contribution in [2.24, 2.45) is 5.73 Å². The average Bonchev–Trinajstić information content (AvgIpc) is 2.38. The molecule has 0 bridgehead atoms. The van der Waals surface area contributed by atoms with Gasteiger partial charge in [0, 0.05) is 24.2 Å². The van der Waals surface area contributed by atoms with E-state index in [-0.39, 0.29) is 5.91 Å². The predicted octanol–water partition coefficient (Wildman–Crippen LogP) is 1.48. The molecule has 90 valence electrons. The molecule has 1 aromatic rings. The Morgan fingerprint density at radius 1 is 1.35 bits per heavy atom. The predicted molar refractivity (Wildman–Crippen MR) is 69.6 cm³/mol. The zero-order valence-electron chi connectivity index (χ0n) is 10.4. The van der Waals surface area contributed by atoms with Crippen LogP contribution in [0.15, 0.2) is 24.3 Å². The molecule has 1 rings (SSSR count). The second kappa shape index (κ2) is 6.72. The Bertz CT molecular complexity index is 439. The van der Waals surface area contributed by atoms with Crippen LogP contribution in [0.5, 0.6) is 0 Å². The van der Waals surface area contributed by atoms with Crippen molar-refractivity contribution < 1.29 is 4.79 Å². The first-order chi connectivity index (χ1) is 8.22. The molecule has 0 fully saturated rings. The van der Waals surface area contributed by atoms with E-state index in [1.807, 2.05) is 38.1 Å². The molecule has 0 atom stereocenters. The van der Waals surface area contributed by atoms with Gasteiger partial charge in [0.2, 0.25) is 0 Å². The van der Waals surface area contributed by atoms with E-state index in [9.17, 15) is 4.79 Å². The molecule has 3 heteroatoms. The SMILES string of the molecule is CCN(CC)C(=O)c1cccc(C#CCN)c1. The lowest BCUT2D eigenvalue weighted by Gasteiger charge is -2.18. The van der Waals surface area contributed by atoms with Gasteiger partial charge < -0.3 is 10.6 Å². The summed E-state index contributed by atoms with van der Waals surface area (Å²) in [6.07, 6.45) is 0. The number of hydrogen-bond donors (Lipinski definition) is 1. The first kappa shape index (κ1) is 13.3. The molecule has 0 aromatic heterocycles. The smallest absolute Gasteiger partial charge is 0.253 e. The van der Waals surface area contributed by atoms with Crippen molar-refractivity contribution in [3.8, 4) is 11.8 Å². The molecule has 2 N–H and O–H groups in total. The second-order valence-corrected chi connectivity index (χ2v) is 3.56. The van der Waals surface area contributed by atoms with Crippen LogP contribution in [0, 0.1) is 11.8 Å². The fourth-order valence-electron chi connectivity index (χ4n) is 1.58.